The molecule has 3 nitrogen and oxygen atoms in total. The third-order valence-corrected chi connectivity index (χ3v) is 3.73. The van der Waals surface area contributed by atoms with Gasteiger partial charge in [-0.05, 0) is 35.4 Å². The molecule has 0 aromatic heterocycles. The first-order valence-electron chi connectivity index (χ1n) is 8.01. The zero-order valence-electron chi connectivity index (χ0n) is 13.5. The van der Waals surface area contributed by atoms with E-state index in [1.807, 2.05) is 84.9 Å². The maximum absolute atomic E-state index is 6.14. The van der Waals surface area contributed by atoms with Crippen LogP contribution in [0.15, 0.2) is 84.9 Å². The normalized spacial score (nSPS) is 11.7. The van der Waals surface area contributed by atoms with Crippen molar-refractivity contribution in [3.05, 3.63) is 96.1 Å². The molecule has 0 amide bonds. The Morgan fingerprint density at radius 1 is 0.667 bits per heavy atom. The molecule has 0 aliphatic rings. The van der Waals surface area contributed by atoms with Crippen molar-refractivity contribution in [1.82, 2.24) is 0 Å². The second kappa shape index (κ2) is 8.18. The van der Waals surface area contributed by atoms with E-state index in [0.29, 0.717) is 13.2 Å². The predicted molar refractivity (Wildman–Crippen MR) is 96.1 cm³/mol. The molecule has 24 heavy (non-hydrogen) atoms. The molecule has 0 fully saturated rings. The van der Waals surface area contributed by atoms with Gasteiger partial charge < -0.3 is 15.2 Å². The second-order valence-electron chi connectivity index (χ2n) is 5.57. The number of rotatable bonds is 7. The summed E-state index contributed by atoms with van der Waals surface area (Å²) in [7, 11) is 0. The molecule has 0 spiro atoms. The van der Waals surface area contributed by atoms with E-state index in [2.05, 4.69) is 0 Å². The van der Waals surface area contributed by atoms with E-state index < -0.39 is 0 Å². The van der Waals surface area contributed by atoms with Crippen LogP contribution >= 0.6 is 0 Å². The van der Waals surface area contributed by atoms with E-state index in [-0.39, 0.29) is 6.04 Å². The Balaban J connectivity index is 1.49. The minimum Gasteiger partial charge on any atom is -0.492 e. The predicted octanol–water partition coefficient (Wildman–Crippen LogP) is 4.34. The molecule has 122 valence electrons. The van der Waals surface area contributed by atoms with Gasteiger partial charge in [-0.2, -0.15) is 0 Å². The standard InChI is InChI=1S/C21H21NO2/c22-21(18-9-5-2-6-10-18)16-24-20-13-11-19(12-14-20)23-15-17-7-3-1-4-8-17/h1-14,21H,15-16,22H2. The summed E-state index contributed by atoms with van der Waals surface area (Å²) in [6.07, 6.45) is 0. The Bertz CT molecular complexity index is 727. The lowest BCUT2D eigenvalue weighted by atomic mass is 10.1. The van der Waals surface area contributed by atoms with Crippen molar-refractivity contribution < 1.29 is 9.47 Å². The summed E-state index contributed by atoms with van der Waals surface area (Å²) in [6.45, 7) is 0.994. The molecule has 3 aromatic rings. The number of hydrogen-bond donors (Lipinski definition) is 1. The van der Waals surface area contributed by atoms with Crippen LogP contribution in [0.5, 0.6) is 11.5 Å². The summed E-state index contributed by atoms with van der Waals surface area (Å²) in [5, 5.41) is 0. The Morgan fingerprint density at radius 3 is 1.83 bits per heavy atom. The van der Waals surface area contributed by atoms with E-state index in [1.54, 1.807) is 0 Å². The Kier molecular flexibility index (Phi) is 5.48. The monoisotopic (exact) mass is 319 g/mol. The summed E-state index contributed by atoms with van der Waals surface area (Å²) in [6, 6.07) is 27.5. The number of benzene rings is 3. The van der Waals surface area contributed by atoms with Crippen molar-refractivity contribution in [3.63, 3.8) is 0 Å². The maximum atomic E-state index is 6.14. The maximum Gasteiger partial charge on any atom is 0.120 e. The van der Waals surface area contributed by atoms with Gasteiger partial charge in [-0.3, -0.25) is 0 Å². The van der Waals surface area contributed by atoms with Crippen molar-refractivity contribution in [3.8, 4) is 11.5 Å². The molecule has 0 bridgehead atoms. The molecule has 0 aliphatic carbocycles. The molecule has 1 unspecified atom stereocenters. The summed E-state index contributed by atoms with van der Waals surface area (Å²) < 4.78 is 11.5. The topological polar surface area (TPSA) is 44.5 Å². The Morgan fingerprint density at radius 2 is 1.21 bits per heavy atom. The molecule has 2 N–H and O–H groups in total. The molecule has 0 heterocycles. The molecule has 0 saturated heterocycles. The number of nitrogens with two attached hydrogens (primary N) is 1. The average molecular weight is 319 g/mol. The van der Waals surface area contributed by atoms with Gasteiger partial charge >= 0.3 is 0 Å². The minimum absolute atomic E-state index is 0.139. The van der Waals surface area contributed by atoms with Gasteiger partial charge in [0.05, 0.1) is 6.04 Å². The smallest absolute Gasteiger partial charge is 0.120 e. The van der Waals surface area contributed by atoms with Crippen LogP contribution < -0.4 is 15.2 Å². The van der Waals surface area contributed by atoms with Crippen LogP contribution in [0.4, 0.5) is 0 Å². The van der Waals surface area contributed by atoms with Gasteiger partial charge in [0.1, 0.15) is 24.7 Å². The van der Waals surface area contributed by atoms with Crippen LogP contribution in [-0.4, -0.2) is 6.61 Å². The van der Waals surface area contributed by atoms with Gasteiger partial charge in [0, 0.05) is 0 Å². The van der Waals surface area contributed by atoms with Crippen LogP contribution in [0.2, 0.25) is 0 Å². The molecular weight excluding hydrogens is 298 g/mol. The van der Waals surface area contributed by atoms with Gasteiger partial charge in [-0.1, -0.05) is 60.7 Å². The quantitative estimate of drug-likeness (QED) is 0.704. The molecule has 0 radical (unpaired) electrons. The molecule has 3 rings (SSSR count). The highest BCUT2D eigenvalue weighted by atomic mass is 16.5. The van der Waals surface area contributed by atoms with Crippen LogP contribution in [0.3, 0.4) is 0 Å². The summed E-state index contributed by atoms with van der Waals surface area (Å²) in [5.41, 5.74) is 8.35. The summed E-state index contributed by atoms with van der Waals surface area (Å²) in [5.74, 6) is 1.60. The Labute approximate surface area is 142 Å². The highest BCUT2D eigenvalue weighted by Gasteiger charge is 2.06. The van der Waals surface area contributed by atoms with Crippen molar-refractivity contribution in [1.29, 1.82) is 0 Å². The van der Waals surface area contributed by atoms with Gasteiger partial charge in [0.2, 0.25) is 0 Å². The van der Waals surface area contributed by atoms with Crippen LogP contribution in [0, 0.1) is 0 Å². The van der Waals surface area contributed by atoms with Gasteiger partial charge in [0.25, 0.3) is 0 Å². The second-order valence-corrected chi connectivity index (χ2v) is 5.57. The van der Waals surface area contributed by atoms with Gasteiger partial charge in [0.15, 0.2) is 0 Å². The number of ether oxygens (including phenoxy) is 2. The highest BCUT2D eigenvalue weighted by molar-refractivity contribution is 5.31. The first kappa shape index (κ1) is 16.1. The summed E-state index contributed by atoms with van der Waals surface area (Å²) >= 11 is 0. The van der Waals surface area contributed by atoms with Crippen molar-refractivity contribution in [2.45, 2.75) is 12.6 Å². The third kappa shape index (κ3) is 4.61. The van der Waals surface area contributed by atoms with Crippen LogP contribution in [0.25, 0.3) is 0 Å². The molecular formula is C21H21NO2. The van der Waals surface area contributed by atoms with Crippen molar-refractivity contribution in [2.24, 2.45) is 5.73 Å². The molecule has 0 aliphatic heterocycles. The minimum atomic E-state index is -0.139. The van der Waals surface area contributed by atoms with E-state index in [1.165, 1.54) is 0 Å². The third-order valence-electron chi connectivity index (χ3n) is 3.73. The molecule has 3 heteroatoms. The fraction of sp³-hybridized carbons (Fsp3) is 0.143. The first-order chi connectivity index (χ1) is 11.8. The van der Waals surface area contributed by atoms with E-state index in [0.717, 1.165) is 22.6 Å². The van der Waals surface area contributed by atoms with Crippen LogP contribution in [0.1, 0.15) is 17.2 Å². The van der Waals surface area contributed by atoms with Gasteiger partial charge in [-0.15, -0.1) is 0 Å². The van der Waals surface area contributed by atoms with Gasteiger partial charge in [-0.25, -0.2) is 0 Å². The molecule has 3 aromatic carbocycles. The first-order valence-corrected chi connectivity index (χ1v) is 8.01. The largest absolute Gasteiger partial charge is 0.492 e. The van der Waals surface area contributed by atoms with E-state index in [4.69, 9.17) is 15.2 Å². The fourth-order valence-electron chi connectivity index (χ4n) is 2.36. The lowest BCUT2D eigenvalue weighted by Crippen LogP contribution is -2.18. The average Bonchev–Trinajstić information content (AvgIpc) is 2.67. The zero-order valence-corrected chi connectivity index (χ0v) is 13.5. The van der Waals surface area contributed by atoms with E-state index >= 15 is 0 Å². The SMILES string of the molecule is NC(COc1ccc(OCc2ccccc2)cc1)c1ccccc1. The molecule has 0 saturated carbocycles. The zero-order chi connectivity index (χ0) is 16.6. The molecule has 1 atom stereocenters. The number of hydrogen-bond acceptors (Lipinski definition) is 3. The van der Waals surface area contributed by atoms with Crippen LogP contribution in [-0.2, 0) is 6.61 Å². The Hall–Kier alpha value is -2.78. The van der Waals surface area contributed by atoms with Crippen molar-refractivity contribution >= 4 is 0 Å². The summed E-state index contributed by atoms with van der Waals surface area (Å²) in [4.78, 5) is 0. The lowest BCUT2D eigenvalue weighted by molar-refractivity contribution is 0.287. The highest BCUT2D eigenvalue weighted by Crippen LogP contribution is 2.20. The van der Waals surface area contributed by atoms with Crippen molar-refractivity contribution in [2.75, 3.05) is 6.61 Å². The van der Waals surface area contributed by atoms with E-state index in [9.17, 15) is 0 Å². The lowest BCUT2D eigenvalue weighted by Gasteiger charge is -2.14. The fourth-order valence-corrected chi connectivity index (χ4v) is 2.36.